The van der Waals surface area contributed by atoms with Gasteiger partial charge in [0, 0.05) is 17.4 Å². The van der Waals surface area contributed by atoms with E-state index < -0.39 is 0 Å². The number of hydrogen-bond donors (Lipinski definition) is 1. The average Bonchev–Trinajstić information content (AvgIpc) is 2.87. The highest BCUT2D eigenvalue weighted by Gasteiger charge is 2.15. The van der Waals surface area contributed by atoms with Gasteiger partial charge in [-0.25, -0.2) is 4.98 Å². The standard InChI is InChI=1S/C16H15N3O2S/c1-3-8-19-15(21)14-13(18-16(19)22-9-10(2)20)11-6-4-5-7-12(11)17-14/h3-7,17H,1,8-9H2,2H3. The number of carbonyl (C=O) groups is 1. The molecule has 1 N–H and O–H groups in total. The molecule has 0 aliphatic heterocycles. The van der Waals surface area contributed by atoms with Gasteiger partial charge in [-0.1, -0.05) is 36.0 Å². The minimum Gasteiger partial charge on any atom is -0.349 e. The second-order valence-corrected chi connectivity index (χ2v) is 5.93. The molecule has 1 aromatic carbocycles. The Bertz CT molecular complexity index is 940. The zero-order chi connectivity index (χ0) is 15.7. The Labute approximate surface area is 131 Å². The van der Waals surface area contributed by atoms with Crippen molar-refractivity contribution in [1.82, 2.24) is 14.5 Å². The van der Waals surface area contributed by atoms with Gasteiger partial charge in [0.05, 0.1) is 5.75 Å². The quantitative estimate of drug-likeness (QED) is 0.447. The van der Waals surface area contributed by atoms with Crippen LogP contribution in [0.1, 0.15) is 6.92 Å². The topological polar surface area (TPSA) is 67.8 Å². The number of ketones is 1. The summed E-state index contributed by atoms with van der Waals surface area (Å²) in [5.41, 5.74) is 1.86. The van der Waals surface area contributed by atoms with E-state index >= 15 is 0 Å². The van der Waals surface area contributed by atoms with E-state index in [0.717, 1.165) is 10.9 Å². The summed E-state index contributed by atoms with van der Waals surface area (Å²) in [4.78, 5) is 31.7. The normalized spacial score (nSPS) is 11.1. The first-order valence-corrected chi connectivity index (χ1v) is 7.84. The summed E-state index contributed by atoms with van der Waals surface area (Å²) >= 11 is 1.28. The zero-order valence-corrected chi connectivity index (χ0v) is 12.9. The highest BCUT2D eigenvalue weighted by Crippen LogP contribution is 2.24. The highest BCUT2D eigenvalue weighted by molar-refractivity contribution is 7.99. The van der Waals surface area contributed by atoms with Crippen LogP contribution in [-0.2, 0) is 11.3 Å². The number of nitrogens with zero attached hydrogens (tertiary/aromatic N) is 2. The number of H-pyrrole nitrogens is 1. The number of carbonyl (C=O) groups excluding carboxylic acids is 1. The number of aromatic amines is 1. The van der Waals surface area contributed by atoms with E-state index in [1.807, 2.05) is 24.3 Å². The predicted octanol–water partition coefficient (Wildman–Crippen LogP) is 2.74. The number of fused-ring (bicyclic) bond motifs is 3. The summed E-state index contributed by atoms with van der Waals surface area (Å²) in [7, 11) is 0. The lowest BCUT2D eigenvalue weighted by Crippen LogP contribution is -2.23. The van der Waals surface area contributed by atoms with Crippen LogP contribution in [0.5, 0.6) is 0 Å². The van der Waals surface area contributed by atoms with Crippen LogP contribution < -0.4 is 5.56 Å². The van der Waals surface area contributed by atoms with E-state index in [1.165, 1.54) is 18.7 Å². The van der Waals surface area contributed by atoms with Crippen LogP contribution in [0.2, 0.25) is 0 Å². The first-order valence-electron chi connectivity index (χ1n) is 6.86. The predicted molar refractivity (Wildman–Crippen MR) is 89.5 cm³/mol. The van der Waals surface area contributed by atoms with Gasteiger partial charge in [-0.3, -0.25) is 14.2 Å². The minimum absolute atomic E-state index is 0.0448. The molecule has 0 bridgehead atoms. The first-order chi connectivity index (χ1) is 10.6. The van der Waals surface area contributed by atoms with Crippen LogP contribution in [0.15, 0.2) is 46.9 Å². The van der Waals surface area contributed by atoms with E-state index in [9.17, 15) is 9.59 Å². The Morgan fingerprint density at radius 3 is 2.95 bits per heavy atom. The molecule has 0 spiro atoms. The summed E-state index contributed by atoms with van der Waals surface area (Å²) in [6, 6.07) is 7.66. The third-order valence-electron chi connectivity index (χ3n) is 3.29. The summed E-state index contributed by atoms with van der Waals surface area (Å²) in [6.07, 6.45) is 1.65. The molecule has 0 saturated carbocycles. The van der Waals surface area contributed by atoms with Gasteiger partial charge in [0.25, 0.3) is 5.56 Å². The maximum atomic E-state index is 12.7. The van der Waals surface area contributed by atoms with Crippen LogP contribution in [0, 0.1) is 0 Å². The molecule has 2 aromatic heterocycles. The second-order valence-electron chi connectivity index (χ2n) is 4.98. The summed E-state index contributed by atoms with van der Waals surface area (Å²) < 4.78 is 1.54. The number of hydrogen-bond acceptors (Lipinski definition) is 4. The minimum atomic E-state index is -0.146. The van der Waals surface area contributed by atoms with E-state index in [1.54, 1.807) is 10.6 Å². The fourth-order valence-corrected chi connectivity index (χ4v) is 3.14. The van der Waals surface area contributed by atoms with E-state index in [-0.39, 0.29) is 17.1 Å². The lowest BCUT2D eigenvalue weighted by Gasteiger charge is -2.09. The number of para-hydroxylation sites is 1. The van der Waals surface area contributed by atoms with Crippen LogP contribution >= 0.6 is 11.8 Å². The Balaban J connectivity index is 2.29. The largest absolute Gasteiger partial charge is 0.349 e. The molecule has 0 atom stereocenters. The SMILES string of the molecule is C=CCn1c(SCC(C)=O)nc2c([nH]c3ccccc32)c1=O. The Morgan fingerprint density at radius 1 is 1.45 bits per heavy atom. The van der Waals surface area contributed by atoms with Crippen molar-refractivity contribution in [1.29, 1.82) is 0 Å². The van der Waals surface area contributed by atoms with E-state index in [0.29, 0.717) is 22.7 Å². The van der Waals surface area contributed by atoms with Crippen molar-refractivity contribution in [3.63, 3.8) is 0 Å². The van der Waals surface area contributed by atoms with Crippen LogP contribution in [0.3, 0.4) is 0 Å². The molecule has 0 radical (unpaired) electrons. The maximum Gasteiger partial charge on any atom is 0.278 e. The molecular formula is C16H15N3O2S. The number of allylic oxidation sites excluding steroid dienone is 1. The van der Waals surface area contributed by atoms with Gasteiger partial charge in [-0.15, -0.1) is 6.58 Å². The van der Waals surface area contributed by atoms with E-state index in [2.05, 4.69) is 16.5 Å². The number of benzene rings is 1. The fourth-order valence-electron chi connectivity index (χ4n) is 2.34. The number of thioether (sulfide) groups is 1. The van der Waals surface area contributed by atoms with Gasteiger partial charge in [-0.05, 0) is 13.0 Å². The molecule has 3 rings (SSSR count). The molecule has 0 fully saturated rings. The van der Waals surface area contributed by atoms with Gasteiger partial charge in [0.1, 0.15) is 16.8 Å². The Hall–Kier alpha value is -2.34. The summed E-state index contributed by atoms with van der Waals surface area (Å²) in [5.74, 6) is 0.334. The zero-order valence-electron chi connectivity index (χ0n) is 12.1. The lowest BCUT2D eigenvalue weighted by molar-refractivity contribution is -0.114. The second kappa shape index (κ2) is 5.81. The van der Waals surface area contributed by atoms with Crippen molar-refractivity contribution in [3.05, 3.63) is 47.3 Å². The molecule has 112 valence electrons. The average molecular weight is 313 g/mol. The molecule has 0 aliphatic carbocycles. The van der Waals surface area contributed by atoms with Gasteiger partial charge in [-0.2, -0.15) is 0 Å². The van der Waals surface area contributed by atoms with Crippen LogP contribution in [-0.4, -0.2) is 26.1 Å². The van der Waals surface area contributed by atoms with Gasteiger partial charge in [0.15, 0.2) is 5.16 Å². The third-order valence-corrected chi connectivity index (χ3v) is 4.41. The van der Waals surface area contributed by atoms with Crippen molar-refractivity contribution < 1.29 is 4.79 Å². The smallest absolute Gasteiger partial charge is 0.278 e. The van der Waals surface area contributed by atoms with Crippen molar-refractivity contribution in [3.8, 4) is 0 Å². The summed E-state index contributed by atoms with van der Waals surface area (Å²) in [6.45, 7) is 5.56. The number of nitrogens with one attached hydrogen (secondary N) is 1. The van der Waals surface area contributed by atoms with E-state index in [4.69, 9.17) is 0 Å². The van der Waals surface area contributed by atoms with Crippen molar-refractivity contribution in [2.75, 3.05) is 5.75 Å². The van der Waals surface area contributed by atoms with Crippen LogP contribution in [0.4, 0.5) is 0 Å². The van der Waals surface area contributed by atoms with Gasteiger partial charge >= 0.3 is 0 Å². The third kappa shape index (κ3) is 2.46. The molecule has 0 aliphatic rings. The monoisotopic (exact) mass is 313 g/mol. The van der Waals surface area contributed by atoms with Crippen LogP contribution in [0.25, 0.3) is 21.9 Å². The molecule has 0 amide bonds. The Morgan fingerprint density at radius 2 is 2.23 bits per heavy atom. The summed E-state index contributed by atoms with van der Waals surface area (Å²) in [5, 5.41) is 1.45. The molecule has 22 heavy (non-hydrogen) atoms. The van der Waals surface area contributed by atoms with Gasteiger partial charge < -0.3 is 4.98 Å². The first kappa shape index (κ1) is 14.6. The number of aromatic nitrogens is 3. The lowest BCUT2D eigenvalue weighted by atomic mass is 10.2. The molecule has 3 aromatic rings. The molecular weight excluding hydrogens is 298 g/mol. The van der Waals surface area contributed by atoms with Gasteiger partial charge in [0.2, 0.25) is 0 Å². The molecule has 0 unspecified atom stereocenters. The molecule has 5 nitrogen and oxygen atoms in total. The van der Waals surface area contributed by atoms with Crippen molar-refractivity contribution in [2.45, 2.75) is 18.6 Å². The number of rotatable bonds is 5. The maximum absolute atomic E-state index is 12.7. The highest BCUT2D eigenvalue weighted by atomic mass is 32.2. The fraction of sp³-hybridized carbons (Fsp3) is 0.188. The van der Waals surface area contributed by atoms with Crippen molar-refractivity contribution >= 4 is 39.5 Å². The number of Topliss-reactive ketones (excluding diaryl/α,β-unsaturated/α-hetero) is 1. The molecule has 0 saturated heterocycles. The van der Waals surface area contributed by atoms with Crippen molar-refractivity contribution in [2.24, 2.45) is 0 Å². The molecule has 6 heteroatoms. The molecule has 2 heterocycles. The Kier molecular flexibility index (Phi) is 3.85.